The molecule has 3 heterocycles. The van der Waals surface area contributed by atoms with Crippen LogP contribution < -0.4 is 0 Å². The second kappa shape index (κ2) is 5.75. The number of imidazole rings is 1. The summed E-state index contributed by atoms with van der Waals surface area (Å²) in [5, 5.41) is 0. The number of hydrogen-bond donors (Lipinski definition) is 0. The highest BCUT2D eigenvalue weighted by atomic mass is 16.2. The van der Waals surface area contributed by atoms with Crippen LogP contribution in [0.3, 0.4) is 0 Å². The summed E-state index contributed by atoms with van der Waals surface area (Å²) in [5.41, 5.74) is 3.69. The smallest absolute Gasteiger partial charge is 0.273 e. The molecule has 2 aromatic heterocycles. The van der Waals surface area contributed by atoms with Gasteiger partial charge in [-0.3, -0.25) is 9.20 Å². The van der Waals surface area contributed by atoms with E-state index in [0.29, 0.717) is 12.1 Å². The van der Waals surface area contributed by atoms with Crippen molar-refractivity contribution < 1.29 is 4.79 Å². The van der Waals surface area contributed by atoms with Crippen LogP contribution in [0.15, 0.2) is 18.3 Å². The molecule has 2 atom stereocenters. The molecule has 0 aromatic carbocycles. The Morgan fingerprint density at radius 2 is 2.00 bits per heavy atom. The largest absolute Gasteiger partial charge is 0.332 e. The molecular weight excluding hydrogens is 274 g/mol. The first-order chi connectivity index (χ1) is 10.5. The van der Waals surface area contributed by atoms with E-state index < -0.39 is 0 Å². The van der Waals surface area contributed by atoms with E-state index in [1.54, 1.807) is 0 Å². The number of hydrogen-bond acceptors (Lipinski definition) is 2. The van der Waals surface area contributed by atoms with Gasteiger partial charge in [-0.25, -0.2) is 4.98 Å². The Morgan fingerprint density at radius 3 is 2.64 bits per heavy atom. The van der Waals surface area contributed by atoms with Gasteiger partial charge >= 0.3 is 0 Å². The number of likely N-dealkylation sites (tertiary alicyclic amines) is 1. The number of amides is 1. The van der Waals surface area contributed by atoms with Gasteiger partial charge in [-0.1, -0.05) is 6.92 Å². The van der Waals surface area contributed by atoms with E-state index in [1.165, 1.54) is 12.0 Å². The van der Waals surface area contributed by atoms with Gasteiger partial charge in [0, 0.05) is 18.3 Å². The third-order valence-electron chi connectivity index (χ3n) is 4.82. The van der Waals surface area contributed by atoms with Gasteiger partial charge in [-0.2, -0.15) is 0 Å². The fraction of sp³-hybridized carbons (Fsp3) is 0.556. The van der Waals surface area contributed by atoms with Gasteiger partial charge in [0.25, 0.3) is 5.91 Å². The van der Waals surface area contributed by atoms with Crippen LogP contribution in [0.4, 0.5) is 0 Å². The highest BCUT2D eigenvalue weighted by molar-refractivity contribution is 5.95. The zero-order chi connectivity index (χ0) is 15.9. The number of carbonyl (C=O) groups is 1. The third-order valence-corrected chi connectivity index (χ3v) is 4.82. The minimum absolute atomic E-state index is 0.132. The molecule has 3 rings (SSSR count). The lowest BCUT2D eigenvalue weighted by Gasteiger charge is -2.39. The van der Waals surface area contributed by atoms with Gasteiger partial charge < -0.3 is 4.90 Å². The topological polar surface area (TPSA) is 37.6 Å². The normalized spacial score (nSPS) is 22.3. The lowest BCUT2D eigenvalue weighted by molar-refractivity contribution is 0.0502. The van der Waals surface area contributed by atoms with Crippen LogP contribution in [-0.4, -0.2) is 32.3 Å². The van der Waals surface area contributed by atoms with E-state index in [1.807, 2.05) is 22.7 Å². The van der Waals surface area contributed by atoms with Crippen molar-refractivity contribution in [3.63, 3.8) is 0 Å². The molecular formula is C18H25N3O. The van der Waals surface area contributed by atoms with Crippen LogP contribution >= 0.6 is 0 Å². The molecule has 2 unspecified atom stereocenters. The second-order valence-electron chi connectivity index (χ2n) is 6.53. The number of rotatable bonds is 2. The van der Waals surface area contributed by atoms with E-state index in [0.717, 1.165) is 36.3 Å². The number of nitrogens with zero attached hydrogens (tertiary/aromatic N) is 3. The molecule has 1 saturated heterocycles. The molecule has 0 N–H and O–H groups in total. The molecule has 22 heavy (non-hydrogen) atoms. The van der Waals surface area contributed by atoms with Crippen molar-refractivity contribution in [3.8, 4) is 0 Å². The fourth-order valence-corrected chi connectivity index (χ4v) is 3.61. The quantitative estimate of drug-likeness (QED) is 0.849. The zero-order valence-electron chi connectivity index (χ0n) is 14.0. The zero-order valence-corrected chi connectivity index (χ0v) is 14.0. The summed E-state index contributed by atoms with van der Waals surface area (Å²) in [6.07, 6.45) is 6.14. The minimum Gasteiger partial charge on any atom is -0.332 e. The van der Waals surface area contributed by atoms with E-state index in [4.69, 9.17) is 0 Å². The van der Waals surface area contributed by atoms with Crippen molar-refractivity contribution in [1.82, 2.24) is 14.3 Å². The Morgan fingerprint density at radius 1 is 1.32 bits per heavy atom. The third kappa shape index (κ3) is 2.40. The van der Waals surface area contributed by atoms with E-state index >= 15 is 0 Å². The molecule has 118 valence electrons. The summed E-state index contributed by atoms with van der Waals surface area (Å²) in [6.45, 7) is 8.43. The summed E-state index contributed by atoms with van der Waals surface area (Å²) >= 11 is 0. The van der Waals surface area contributed by atoms with Gasteiger partial charge in [0.05, 0.1) is 5.69 Å². The van der Waals surface area contributed by atoms with E-state index in [-0.39, 0.29) is 5.91 Å². The maximum atomic E-state index is 13.2. The van der Waals surface area contributed by atoms with Crippen molar-refractivity contribution >= 4 is 11.6 Å². The van der Waals surface area contributed by atoms with Crippen LogP contribution in [0, 0.1) is 6.92 Å². The highest BCUT2D eigenvalue weighted by Gasteiger charge is 2.32. The van der Waals surface area contributed by atoms with Crippen LogP contribution in [0.5, 0.6) is 0 Å². The molecule has 0 saturated carbocycles. The van der Waals surface area contributed by atoms with Crippen LogP contribution in [0.2, 0.25) is 0 Å². The van der Waals surface area contributed by atoms with Crippen molar-refractivity contribution in [1.29, 1.82) is 0 Å². The van der Waals surface area contributed by atoms with Gasteiger partial charge in [0.15, 0.2) is 0 Å². The maximum Gasteiger partial charge on any atom is 0.273 e. The maximum absolute atomic E-state index is 13.2. The SMILES string of the molecule is CCc1nc2cc(C)ccn2c1C(=O)N1C(C)CCCC1C. The molecule has 4 heteroatoms. The number of aromatic nitrogens is 2. The summed E-state index contributed by atoms with van der Waals surface area (Å²) in [7, 11) is 0. The molecule has 2 aromatic rings. The Bertz CT molecular complexity index is 694. The predicted molar refractivity (Wildman–Crippen MR) is 88.3 cm³/mol. The van der Waals surface area contributed by atoms with Crippen molar-refractivity contribution in [2.75, 3.05) is 0 Å². The lowest BCUT2D eigenvalue weighted by atomic mass is 9.97. The summed E-state index contributed by atoms with van der Waals surface area (Å²) in [5.74, 6) is 0.132. The average molecular weight is 299 g/mol. The highest BCUT2D eigenvalue weighted by Crippen LogP contribution is 2.26. The number of aryl methyl sites for hydroxylation is 2. The van der Waals surface area contributed by atoms with Gasteiger partial charge in [-0.05, 0) is 64.2 Å². The van der Waals surface area contributed by atoms with E-state index in [2.05, 4.69) is 37.6 Å². The van der Waals surface area contributed by atoms with Gasteiger partial charge in [0.2, 0.25) is 0 Å². The van der Waals surface area contributed by atoms with Crippen LogP contribution in [-0.2, 0) is 6.42 Å². The fourth-order valence-electron chi connectivity index (χ4n) is 3.61. The summed E-state index contributed by atoms with van der Waals surface area (Å²) < 4.78 is 1.96. The Kier molecular flexibility index (Phi) is 3.94. The molecule has 0 aliphatic carbocycles. The predicted octanol–water partition coefficient (Wildman–Crippen LogP) is 3.61. The van der Waals surface area contributed by atoms with Gasteiger partial charge in [0.1, 0.15) is 11.3 Å². The Hall–Kier alpha value is -1.84. The standard InChI is InChI=1S/C18H25N3O/c1-5-15-17(20-10-9-12(2)11-16(20)19-15)18(22)21-13(3)7-6-8-14(21)4/h9-11,13-14H,5-8H2,1-4H3. The van der Waals surface area contributed by atoms with Crippen molar-refractivity contribution in [2.45, 2.75) is 65.5 Å². The van der Waals surface area contributed by atoms with Crippen molar-refractivity contribution in [3.05, 3.63) is 35.3 Å². The monoisotopic (exact) mass is 299 g/mol. The number of carbonyl (C=O) groups excluding carboxylic acids is 1. The summed E-state index contributed by atoms with van der Waals surface area (Å²) in [4.78, 5) is 20.0. The Balaban J connectivity index is 2.10. The van der Waals surface area contributed by atoms with E-state index in [9.17, 15) is 4.79 Å². The molecule has 1 aliphatic heterocycles. The first-order valence-corrected chi connectivity index (χ1v) is 8.33. The minimum atomic E-state index is 0.132. The average Bonchev–Trinajstić information content (AvgIpc) is 2.84. The lowest BCUT2D eigenvalue weighted by Crippen LogP contribution is -2.48. The van der Waals surface area contributed by atoms with Crippen LogP contribution in [0.1, 0.15) is 61.8 Å². The first kappa shape index (κ1) is 15.1. The molecule has 0 bridgehead atoms. The number of pyridine rings is 1. The van der Waals surface area contributed by atoms with Crippen LogP contribution in [0.25, 0.3) is 5.65 Å². The second-order valence-corrected chi connectivity index (χ2v) is 6.53. The molecule has 1 fully saturated rings. The molecule has 0 spiro atoms. The number of fused-ring (bicyclic) bond motifs is 1. The molecule has 4 nitrogen and oxygen atoms in total. The Labute approximate surface area is 132 Å². The number of piperidine rings is 1. The van der Waals surface area contributed by atoms with Crippen molar-refractivity contribution in [2.24, 2.45) is 0 Å². The molecule has 1 amide bonds. The summed E-state index contributed by atoms with van der Waals surface area (Å²) in [6, 6.07) is 4.68. The molecule has 1 aliphatic rings. The van der Waals surface area contributed by atoms with Gasteiger partial charge in [-0.15, -0.1) is 0 Å². The first-order valence-electron chi connectivity index (χ1n) is 8.33. The molecule has 0 radical (unpaired) electrons.